The lowest BCUT2D eigenvalue weighted by atomic mass is 9.89. The molecule has 0 spiro atoms. The second-order valence-corrected chi connectivity index (χ2v) is 6.47. The normalized spacial score (nSPS) is 21.4. The van der Waals surface area contributed by atoms with E-state index >= 15 is 0 Å². The van der Waals surface area contributed by atoms with Gasteiger partial charge in [0.1, 0.15) is 0 Å². The number of benzene rings is 1. The third-order valence-corrected chi connectivity index (χ3v) is 4.41. The summed E-state index contributed by atoms with van der Waals surface area (Å²) in [5.41, 5.74) is 1.20. The van der Waals surface area contributed by atoms with Crippen LogP contribution in [0.25, 0.3) is 0 Å². The molecule has 4 nitrogen and oxygen atoms in total. The predicted octanol–water partition coefficient (Wildman–Crippen LogP) is 2.04. The van der Waals surface area contributed by atoms with Crippen molar-refractivity contribution in [1.29, 1.82) is 0 Å². The second-order valence-electron chi connectivity index (χ2n) is 6.03. The molecule has 2 aliphatic rings. The molecule has 0 atom stereocenters. The fourth-order valence-corrected chi connectivity index (χ4v) is 3.01. The van der Waals surface area contributed by atoms with Gasteiger partial charge >= 0.3 is 0 Å². The number of nitrogens with one attached hydrogen (secondary N) is 1. The Morgan fingerprint density at radius 2 is 2.20 bits per heavy atom. The maximum absolute atomic E-state index is 12.0. The maximum Gasteiger partial charge on any atom is 0.238 e. The van der Waals surface area contributed by atoms with Gasteiger partial charge in [-0.3, -0.25) is 9.69 Å². The molecule has 0 aromatic heterocycles. The number of aryl methyl sites for hydroxylation is 1. The molecule has 2 fully saturated rings. The summed E-state index contributed by atoms with van der Waals surface area (Å²) in [6.07, 6.45) is 2.25. The number of nitrogens with zero attached hydrogens (tertiary/aromatic N) is 1. The number of hydrogen-bond acceptors (Lipinski definition) is 3. The number of hydrogen-bond donors (Lipinski definition) is 2. The molecule has 20 heavy (non-hydrogen) atoms. The lowest BCUT2D eigenvalue weighted by molar-refractivity contribution is -0.132. The van der Waals surface area contributed by atoms with Crippen LogP contribution in [-0.2, 0) is 4.79 Å². The van der Waals surface area contributed by atoms with Gasteiger partial charge in [-0.1, -0.05) is 17.7 Å². The molecule has 1 aliphatic heterocycles. The van der Waals surface area contributed by atoms with E-state index in [2.05, 4.69) is 5.32 Å². The quantitative estimate of drug-likeness (QED) is 0.893. The third-order valence-electron chi connectivity index (χ3n) is 4.17. The van der Waals surface area contributed by atoms with Crippen molar-refractivity contribution >= 4 is 23.2 Å². The van der Waals surface area contributed by atoms with E-state index in [0.717, 1.165) is 24.1 Å². The van der Waals surface area contributed by atoms with E-state index in [0.29, 0.717) is 30.6 Å². The molecule has 2 N–H and O–H groups in total. The Kier molecular flexibility index (Phi) is 3.48. The molecule has 3 rings (SSSR count). The van der Waals surface area contributed by atoms with Crippen molar-refractivity contribution in [3.05, 3.63) is 28.8 Å². The van der Waals surface area contributed by atoms with Crippen LogP contribution in [0.3, 0.4) is 0 Å². The number of carbonyl (C=O) groups is 1. The van der Waals surface area contributed by atoms with Gasteiger partial charge < -0.3 is 10.4 Å². The van der Waals surface area contributed by atoms with Crippen molar-refractivity contribution in [3.8, 4) is 0 Å². The Morgan fingerprint density at radius 3 is 2.85 bits per heavy atom. The zero-order valence-electron chi connectivity index (χ0n) is 11.5. The molecule has 0 radical (unpaired) electrons. The van der Waals surface area contributed by atoms with Crippen molar-refractivity contribution < 1.29 is 9.90 Å². The summed E-state index contributed by atoms with van der Waals surface area (Å²) in [4.78, 5) is 14.0. The first-order chi connectivity index (χ1) is 9.46. The molecule has 0 unspecified atom stereocenters. The summed E-state index contributed by atoms with van der Waals surface area (Å²) < 4.78 is 0. The van der Waals surface area contributed by atoms with Crippen LogP contribution >= 0.6 is 11.6 Å². The van der Waals surface area contributed by atoms with Crippen LogP contribution in [-0.4, -0.2) is 41.1 Å². The number of aliphatic hydroxyl groups is 1. The van der Waals surface area contributed by atoms with Crippen LogP contribution in [0.1, 0.15) is 18.4 Å². The van der Waals surface area contributed by atoms with Gasteiger partial charge in [0.25, 0.3) is 0 Å². The highest BCUT2D eigenvalue weighted by Gasteiger charge is 2.51. The van der Waals surface area contributed by atoms with Crippen LogP contribution in [0.15, 0.2) is 18.2 Å². The minimum atomic E-state index is -0.535. The summed E-state index contributed by atoms with van der Waals surface area (Å²) >= 11 is 5.93. The number of rotatable bonds is 4. The zero-order chi connectivity index (χ0) is 14.3. The van der Waals surface area contributed by atoms with E-state index in [1.165, 1.54) is 0 Å². The molecular formula is C15H19ClN2O2. The first-order valence-electron chi connectivity index (χ1n) is 6.97. The second kappa shape index (κ2) is 5.02. The van der Waals surface area contributed by atoms with Crippen molar-refractivity contribution in [2.24, 2.45) is 5.92 Å². The van der Waals surface area contributed by atoms with Gasteiger partial charge in [-0.2, -0.15) is 0 Å². The highest BCUT2D eigenvalue weighted by molar-refractivity contribution is 6.31. The molecule has 1 amide bonds. The Labute approximate surface area is 123 Å². The molecule has 1 heterocycles. The van der Waals surface area contributed by atoms with Crippen molar-refractivity contribution in [1.82, 2.24) is 4.90 Å². The summed E-state index contributed by atoms with van der Waals surface area (Å²) in [5, 5.41) is 13.7. The van der Waals surface area contributed by atoms with E-state index in [-0.39, 0.29) is 5.91 Å². The van der Waals surface area contributed by atoms with Crippen molar-refractivity contribution in [3.63, 3.8) is 0 Å². The summed E-state index contributed by atoms with van der Waals surface area (Å²) in [5.74, 6) is 0.394. The van der Waals surface area contributed by atoms with E-state index in [4.69, 9.17) is 11.6 Å². The Hall–Kier alpha value is -1.10. The topological polar surface area (TPSA) is 52.6 Å². The summed E-state index contributed by atoms with van der Waals surface area (Å²) in [6, 6.07) is 5.44. The van der Waals surface area contributed by atoms with Crippen LogP contribution < -0.4 is 5.32 Å². The van der Waals surface area contributed by atoms with Gasteiger partial charge in [0.15, 0.2) is 0 Å². The Bertz CT molecular complexity index is 537. The van der Waals surface area contributed by atoms with Crippen LogP contribution in [0.2, 0.25) is 5.02 Å². The first kappa shape index (κ1) is 13.9. The molecule has 5 heteroatoms. The van der Waals surface area contributed by atoms with Crippen molar-refractivity contribution in [2.75, 3.05) is 25.0 Å². The van der Waals surface area contributed by atoms with E-state index in [9.17, 15) is 9.90 Å². The smallest absolute Gasteiger partial charge is 0.238 e. The number of β-amino-alcohol motifs (C(OH)–C–C–N with tert-alkyl or cyclic N) is 1. The van der Waals surface area contributed by atoms with Gasteiger partial charge in [0.2, 0.25) is 5.91 Å². The number of carbonyl (C=O) groups excluding carboxylic acids is 1. The van der Waals surface area contributed by atoms with Gasteiger partial charge in [0.05, 0.1) is 12.1 Å². The number of likely N-dealkylation sites (tertiary alicyclic amines) is 1. The summed E-state index contributed by atoms with van der Waals surface area (Å²) in [7, 11) is 0. The zero-order valence-corrected chi connectivity index (χ0v) is 12.3. The van der Waals surface area contributed by atoms with E-state index in [1.54, 1.807) is 12.1 Å². The van der Waals surface area contributed by atoms with Crippen LogP contribution in [0.5, 0.6) is 0 Å². The minimum Gasteiger partial charge on any atom is -0.387 e. The average molecular weight is 295 g/mol. The highest BCUT2D eigenvalue weighted by Crippen LogP contribution is 2.44. The monoisotopic (exact) mass is 294 g/mol. The average Bonchev–Trinajstić information content (AvgIpc) is 3.16. The SMILES string of the molecule is Cc1ccc(Cl)cc1NC(=O)CN1CC(O)(C2CC2)C1. The van der Waals surface area contributed by atoms with Crippen molar-refractivity contribution in [2.45, 2.75) is 25.4 Å². The standard InChI is InChI=1S/C15H19ClN2O2/c1-10-2-5-12(16)6-13(10)17-14(19)7-18-8-15(20,9-18)11-3-4-11/h2,5-6,11,20H,3-4,7-9H2,1H3,(H,17,19). The molecule has 1 aromatic carbocycles. The molecule has 1 aromatic rings. The van der Waals surface area contributed by atoms with Gasteiger partial charge in [0, 0.05) is 23.8 Å². The minimum absolute atomic E-state index is 0.0618. The van der Waals surface area contributed by atoms with Gasteiger partial charge in [-0.15, -0.1) is 0 Å². The van der Waals surface area contributed by atoms with E-state index < -0.39 is 5.60 Å². The molecule has 1 saturated heterocycles. The fraction of sp³-hybridized carbons (Fsp3) is 0.533. The maximum atomic E-state index is 12.0. The third kappa shape index (κ3) is 2.82. The lowest BCUT2D eigenvalue weighted by Crippen LogP contribution is -2.64. The van der Waals surface area contributed by atoms with E-state index in [1.807, 2.05) is 17.9 Å². The molecule has 108 valence electrons. The Balaban J connectivity index is 1.52. The lowest BCUT2D eigenvalue weighted by Gasteiger charge is -2.46. The molecule has 1 saturated carbocycles. The number of halogens is 1. The van der Waals surface area contributed by atoms with Gasteiger partial charge in [-0.25, -0.2) is 0 Å². The van der Waals surface area contributed by atoms with Crippen LogP contribution in [0.4, 0.5) is 5.69 Å². The molecule has 0 bridgehead atoms. The molecule has 1 aliphatic carbocycles. The fourth-order valence-electron chi connectivity index (χ4n) is 2.84. The number of anilines is 1. The van der Waals surface area contributed by atoms with Crippen LogP contribution in [0, 0.1) is 12.8 Å². The number of amides is 1. The largest absolute Gasteiger partial charge is 0.387 e. The summed E-state index contributed by atoms with van der Waals surface area (Å²) in [6.45, 7) is 3.47. The first-order valence-corrected chi connectivity index (χ1v) is 7.35. The predicted molar refractivity (Wildman–Crippen MR) is 78.9 cm³/mol. The van der Waals surface area contributed by atoms with Gasteiger partial charge in [-0.05, 0) is 43.4 Å². The highest BCUT2D eigenvalue weighted by atomic mass is 35.5. The molecular weight excluding hydrogens is 276 g/mol. The Morgan fingerprint density at radius 1 is 1.50 bits per heavy atom.